The molecule has 0 aromatic heterocycles. The lowest BCUT2D eigenvalue weighted by atomic mass is 9.94. The van der Waals surface area contributed by atoms with Gasteiger partial charge in [0.15, 0.2) is 23.0 Å². The zero-order valence-electron chi connectivity index (χ0n) is 21.8. The largest absolute Gasteiger partial charge is 0.507 e. The lowest BCUT2D eigenvalue weighted by Crippen LogP contribution is -2.29. The van der Waals surface area contributed by atoms with E-state index in [2.05, 4.69) is 0 Å². The Morgan fingerprint density at radius 2 is 1.62 bits per heavy atom. The first kappa shape index (κ1) is 25.8. The Morgan fingerprint density at radius 3 is 2.28 bits per heavy atom. The Morgan fingerprint density at radius 1 is 0.897 bits per heavy atom. The third-order valence-corrected chi connectivity index (χ3v) is 6.68. The Labute approximate surface area is 224 Å². The molecule has 1 N–H and O–H groups in total. The van der Waals surface area contributed by atoms with E-state index in [0.29, 0.717) is 51.2 Å². The number of ketones is 1. The standard InChI is InChI=1S/C29H27NO9/c1-34-19-7-5-6-17(11-19)26(31)24-25(18-12-22(35-2)28(37-4)23(13-18)36-3)30(29(33)27(24)32)14-16-8-9-20-21(10-16)39-15-38-20/h5-13,25,31H,14-15H2,1-4H3/b26-24+. The van der Waals surface area contributed by atoms with Gasteiger partial charge in [0, 0.05) is 12.1 Å². The molecule has 10 heteroatoms. The van der Waals surface area contributed by atoms with Crippen molar-refractivity contribution >= 4 is 17.4 Å². The van der Waals surface area contributed by atoms with E-state index in [0.717, 1.165) is 0 Å². The monoisotopic (exact) mass is 533 g/mol. The first-order valence-corrected chi connectivity index (χ1v) is 12.0. The van der Waals surface area contributed by atoms with Crippen molar-refractivity contribution in [1.82, 2.24) is 4.90 Å². The van der Waals surface area contributed by atoms with Crippen LogP contribution in [0.1, 0.15) is 22.7 Å². The zero-order chi connectivity index (χ0) is 27.7. The molecule has 1 fully saturated rings. The molecule has 0 saturated carbocycles. The van der Waals surface area contributed by atoms with Gasteiger partial charge in [0.2, 0.25) is 12.5 Å². The highest BCUT2D eigenvalue weighted by molar-refractivity contribution is 6.46. The molecule has 1 amide bonds. The average molecular weight is 534 g/mol. The van der Waals surface area contributed by atoms with Crippen molar-refractivity contribution in [2.45, 2.75) is 12.6 Å². The van der Waals surface area contributed by atoms with Crippen LogP contribution in [-0.2, 0) is 16.1 Å². The molecule has 1 saturated heterocycles. The second-order valence-corrected chi connectivity index (χ2v) is 8.81. The summed E-state index contributed by atoms with van der Waals surface area (Å²) in [5.41, 5.74) is 1.44. The van der Waals surface area contributed by atoms with Gasteiger partial charge < -0.3 is 38.4 Å². The van der Waals surface area contributed by atoms with Crippen LogP contribution in [0.5, 0.6) is 34.5 Å². The molecule has 1 unspecified atom stereocenters. The van der Waals surface area contributed by atoms with Gasteiger partial charge in [-0.15, -0.1) is 0 Å². The highest BCUT2D eigenvalue weighted by Gasteiger charge is 2.46. The van der Waals surface area contributed by atoms with Crippen molar-refractivity contribution in [3.8, 4) is 34.5 Å². The predicted octanol–water partition coefficient (Wildman–Crippen LogP) is 4.07. The summed E-state index contributed by atoms with van der Waals surface area (Å²) in [7, 11) is 5.93. The molecule has 10 nitrogen and oxygen atoms in total. The Hall–Kier alpha value is -4.86. The lowest BCUT2D eigenvalue weighted by molar-refractivity contribution is -0.140. The first-order valence-electron chi connectivity index (χ1n) is 12.0. The number of methoxy groups -OCH3 is 4. The number of carbonyl (C=O) groups is 2. The number of hydrogen-bond acceptors (Lipinski definition) is 9. The van der Waals surface area contributed by atoms with Crippen LogP contribution in [0.2, 0.25) is 0 Å². The Kier molecular flexibility index (Phi) is 6.93. The van der Waals surface area contributed by atoms with Gasteiger partial charge in [-0.3, -0.25) is 9.59 Å². The molecule has 1 atom stereocenters. The number of nitrogens with zero attached hydrogens (tertiary/aromatic N) is 1. The molecule has 5 rings (SSSR count). The number of ether oxygens (including phenoxy) is 6. The van der Waals surface area contributed by atoms with Crippen LogP contribution < -0.4 is 28.4 Å². The van der Waals surface area contributed by atoms with E-state index in [1.165, 1.54) is 33.3 Å². The SMILES string of the molecule is COc1cccc(/C(O)=C2\C(=O)C(=O)N(Cc3ccc4c(c3)OCO4)C2c2cc(OC)c(OC)c(OC)c2)c1. The highest BCUT2D eigenvalue weighted by atomic mass is 16.7. The van der Waals surface area contributed by atoms with Gasteiger partial charge in [-0.2, -0.15) is 0 Å². The van der Waals surface area contributed by atoms with Crippen LogP contribution in [0.4, 0.5) is 0 Å². The maximum Gasteiger partial charge on any atom is 0.295 e. The van der Waals surface area contributed by atoms with Gasteiger partial charge in [0.25, 0.3) is 11.7 Å². The summed E-state index contributed by atoms with van der Waals surface area (Å²) in [6.07, 6.45) is 0. The lowest BCUT2D eigenvalue weighted by Gasteiger charge is -2.26. The van der Waals surface area contributed by atoms with Crippen LogP contribution in [0.3, 0.4) is 0 Å². The number of Topliss-reactive ketones (excluding diaryl/α,β-unsaturated/α-hetero) is 1. The van der Waals surface area contributed by atoms with Gasteiger partial charge in [-0.1, -0.05) is 18.2 Å². The van der Waals surface area contributed by atoms with Crippen LogP contribution in [-0.4, -0.2) is 56.9 Å². The van der Waals surface area contributed by atoms with Crippen molar-refractivity contribution in [3.05, 3.63) is 76.9 Å². The summed E-state index contributed by atoms with van der Waals surface area (Å²) in [6, 6.07) is 14.3. The predicted molar refractivity (Wildman–Crippen MR) is 140 cm³/mol. The maximum absolute atomic E-state index is 13.5. The van der Waals surface area contributed by atoms with Crippen LogP contribution in [0, 0.1) is 0 Å². The second kappa shape index (κ2) is 10.5. The van der Waals surface area contributed by atoms with E-state index in [1.54, 1.807) is 54.6 Å². The average Bonchev–Trinajstić information content (AvgIpc) is 3.54. The van der Waals surface area contributed by atoms with E-state index in [9.17, 15) is 14.7 Å². The number of likely N-dealkylation sites (tertiary alicyclic amines) is 1. The van der Waals surface area contributed by atoms with E-state index in [-0.39, 0.29) is 24.7 Å². The molecule has 0 spiro atoms. The molecule has 3 aromatic rings. The minimum absolute atomic E-state index is 0.0530. The topological polar surface area (TPSA) is 113 Å². The number of fused-ring (bicyclic) bond motifs is 1. The van der Waals surface area contributed by atoms with Gasteiger partial charge in [-0.05, 0) is 47.5 Å². The smallest absolute Gasteiger partial charge is 0.295 e. The van der Waals surface area contributed by atoms with E-state index >= 15 is 0 Å². The number of carbonyl (C=O) groups excluding carboxylic acids is 2. The Balaban J connectivity index is 1.69. The van der Waals surface area contributed by atoms with Gasteiger partial charge >= 0.3 is 0 Å². The molecule has 2 aliphatic rings. The summed E-state index contributed by atoms with van der Waals surface area (Å²) in [6.45, 7) is 0.159. The normalized spacial score (nSPS) is 17.3. The van der Waals surface area contributed by atoms with E-state index < -0.39 is 17.7 Å². The number of aliphatic hydroxyl groups excluding tert-OH is 1. The van der Waals surface area contributed by atoms with E-state index in [4.69, 9.17) is 28.4 Å². The number of aliphatic hydroxyl groups is 1. The quantitative estimate of drug-likeness (QED) is 0.260. The summed E-state index contributed by atoms with van der Waals surface area (Å²) >= 11 is 0. The number of rotatable bonds is 8. The van der Waals surface area contributed by atoms with Crippen molar-refractivity contribution in [3.63, 3.8) is 0 Å². The molecule has 0 bridgehead atoms. The molecule has 2 heterocycles. The maximum atomic E-state index is 13.5. The molecule has 39 heavy (non-hydrogen) atoms. The third kappa shape index (κ3) is 4.54. The molecular formula is C29H27NO9. The summed E-state index contributed by atoms with van der Waals surface area (Å²) < 4.78 is 32.7. The highest BCUT2D eigenvalue weighted by Crippen LogP contribution is 2.46. The fourth-order valence-corrected chi connectivity index (χ4v) is 4.81. The van der Waals surface area contributed by atoms with Crippen molar-refractivity contribution in [1.29, 1.82) is 0 Å². The fraction of sp³-hybridized carbons (Fsp3) is 0.241. The van der Waals surface area contributed by atoms with Crippen molar-refractivity contribution in [2.75, 3.05) is 35.2 Å². The molecule has 0 radical (unpaired) electrons. The summed E-state index contributed by atoms with van der Waals surface area (Å²) in [4.78, 5) is 28.4. The van der Waals surface area contributed by atoms with Gasteiger partial charge in [0.1, 0.15) is 11.5 Å². The minimum Gasteiger partial charge on any atom is -0.507 e. The summed E-state index contributed by atoms with van der Waals surface area (Å²) in [5.74, 6) is 0.723. The fourth-order valence-electron chi connectivity index (χ4n) is 4.81. The molecule has 0 aliphatic carbocycles. The number of hydrogen-bond donors (Lipinski definition) is 1. The molecular weight excluding hydrogens is 506 g/mol. The van der Waals surface area contributed by atoms with Crippen molar-refractivity contribution in [2.24, 2.45) is 0 Å². The number of amides is 1. The van der Waals surface area contributed by atoms with Crippen LogP contribution in [0.25, 0.3) is 5.76 Å². The van der Waals surface area contributed by atoms with Crippen LogP contribution in [0.15, 0.2) is 60.2 Å². The Bertz CT molecular complexity index is 1450. The van der Waals surface area contributed by atoms with Gasteiger partial charge in [-0.25, -0.2) is 0 Å². The second-order valence-electron chi connectivity index (χ2n) is 8.81. The van der Waals surface area contributed by atoms with E-state index in [1.807, 2.05) is 0 Å². The van der Waals surface area contributed by atoms with Crippen LogP contribution >= 0.6 is 0 Å². The number of benzene rings is 3. The third-order valence-electron chi connectivity index (χ3n) is 6.68. The van der Waals surface area contributed by atoms with Gasteiger partial charge in [0.05, 0.1) is 40.1 Å². The minimum atomic E-state index is -0.977. The molecule has 202 valence electrons. The molecule has 2 aliphatic heterocycles. The molecule has 3 aromatic carbocycles. The first-order chi connectivity index (χ1) is 18.9. The zero-order valence-corrected chi connectivity index (χ0v) is 21.8. The summed E-state index contributed by atoms with van der Waals surface area (Å²) in [5, 5.41) is 11.4. The van der Waals surface area contributed by atoms with Crippen molar-refractivity contribution < 1.29 is 43.1 Å².